The quantitative estimate of drug-likeness (QED) is 0.925. The normalized spacial score (nSPS) is 17.2. The van der Waals surface area contributed by atoms with E-state index in [1.165, 1.54) is 6.42 Å². The molecule has 0 unspecified atom stereocenters. The van der Waals surface area contributed by atoms with Gasteiger partial charge in [0.05, 0.1) is 11.1 Å². The number of aromatic nitrogens is 1. The van der Waals surface area contributed by atoms with Crippen LogP contribution in [0, 0.1) is 0 Å². The van der Waals surface area contributed by atoms with Gasteiger partial charge in [-0.2, -0.15) is 0 Å². The van der Waals surface area contributed by atoms with Crippen LogP contribution < -0.4 is 5.32 Å². The molecule has 3 rings (SSSR count). The number of fused-ring (bicyclic) bond motifs is 1. The first-order chi connectivity index (χ1) is 9.21. The largest absolute Gasteiger partial charge is 0.376 e. The molecule has 19 heavy (non-hydrogen) atoms. The van der Waals surface area contributed by atoms with Gasteiger partial charge in [0.2, 0.25) is 0 Å². The summed E-state index contributed by atoms with van der Waals surface area (Å²) < 4.78 is 6.68. The molecule has 1 N–H and O–H groups in total. The van der Waals surface area contributed by atoms with Crippen LogP contribution in [-0.4, -0.2) is 24.2 Å². The highest BCUT2D eigenvalue weighted by Gasteiger charge is 2.36. The zero-order valence-electron chi connectivity index (χ0n) is 10.9. The summed E-state index contributed by atoms with van der Waals surface area (Å²) in [4.78, 5) is 4.62. The van der Waals surface area contributed by atoms with Crippen LogP contribution >= 0.6 is 15.9 Å². The molecular weight excluding hydrogens is 304 g/mol. The zero-order valence-corrected chi connectivity index (χ0v) is 12.5. The number of rotatable bonds is 4. The molecule has 0 atom stereocenters. The molecule has 0 saturated heterocycles. The number of ether oxygens (including phenoxy) is 1. The highest BCUT2D eigenvalue weighted by atomic mass is 79.9. The molecule has 1 heterocycles. The number of nitrogens with zero attached hydrogens (tertiary/aromatic N) is 1. The van der Waals surface area contributed by atoms with Gasteiger partial charge in [0.1, 0.15) is 5.82 Å². The zero-order chi connectivity index (χ0) is 13.3. The van der Waals surface area contributed by atoms with E-state index in [9.17, 15) is 0 Å². The molecular formula is C15H17BrN2O. The van der Waals surface area contributed by atoms with Gasteiger partial charge in [-0.1, -0.05) is 15.9 Å². The van der Waals surface area contributed by atoms with Crippen molar-refractivity contribution < 1.29 is 4.74 Å². The van der Waals surface area contributed by atoms with E-state index in [4.69, 9.17) is 4.74 Å². The first-order valence-corrected chi connectivity index (χ1v) is 7.35. The molecule has 1 aromatic carbocycles. The Bertz CT molecular complexity index is 590. The molecule has 100 valence electrons. The van der Waals surface area contributed by atoms with E-state index in [2.05, 4.69) is 38.4 Å². The average molecular weight is 321 g/mol. The first-order valence-electron chi connectivity index (χ1n) is 6.56. The maximum absolute atomic E-state index is 5.60. The van der Waals surface area contributed by atoms with E-state index in [0.717, 1.165) is 40.6 Å². The van der Waals surface area contributed by atoms with Crippen molar-refractivity contribution in [3.8, 4) is 0 Å². The molecule has 1 aliphatic rings. The second-order valence-corrected chi connectivity index (χ2v) is 6.04. The molecule has 0 radical (unpaired) electrons. The van der Waals surface area contributed by atoms with Crippen molar-refractivity contribution in [2.24, 2.45) is 0 Å². The standard InChI is InChI=1S/C15H17BrN2O/c1-19-15(7-2-8-15)10-17-14-6-3-11-9-12(16)4-5-13(11)18-14/h3-6,9H,2,7-8,10H2,1H3,(H,17,18). The van der Waals surface area contributed by atoms with E-state index in [1.807, 2.05) is 18.2 Å². The number of hydrogen-bond donors (Lipinski definition) is 1. The third kappa shape index (κ3) is 2.60. The lowest BCUT2D eigenvalue weighted by molar-refractivity contribution is -0.0601. The number of nitrogens with one attached hydrogen (secondary N) is 1. The SMILES string of the molecule is COC1(CNc2ccc3cc(Br)ccc3n2)CCC1. The molecule has 4 heteroatoms. The number of methoxy groups -OCH3 is 1. The lowest BCUT2D eigenvalue weighted by Crippen LogP contribution is -2.45. The molecule has 1 saturated carbocycles. The number of anilines is 1. The lowest BCUT2D eigenvalue weighted by Gasteiger charge is -2.40. The van der Waals surface area contributed by atoms with Crippen LogP contribution in [0.15, 0.2) is 34.8 Å². The summed E-state index contributed by atoms with van der Waals surface area (Å²) in [6, 6.07) is 10.2. The molecule has 1 aliphatic carbocycles. The van der Waals surface area contributed by atoms with Crippen LogP contribution in [0.3, 0.4) is 0 Å². The fourth-order valence-corrected chi connectivity index (χ4v) is 2.85. The highest BCUT2D eigenvalue weighted by molar-refractivity contribution is 9.10. The van der Waals surface area contributed by atoms with E-state index in [0.29, 0.717) is 0 Å². The predicted molar refractivity (Wildman–Crippen MR) is 81.5 cm³/mol. The van der Waals surface area contributed by atoms with Crippen molar-refractivity contribution in [3.63, 3.8) is 0 Å². The number of hydrogen-bond acceptors (Lipinski definition) is 3. The Morgan fingerprint density at radius 3 is 2.84 bits per heavy atom. The Balaban J connectivity index is 1.76. The Labute approximate surface area is 121 Å². The Hall–Kier alpha value is -1.13. The Kier molecular flexibility index (Phi) is 3.46. The maximum atomic E-state index is 5.60. The van der Waals surface area contributed by atoms with Gasteiger partial charge in [0.25, 0.3) is 0 Å². The summed E-state index contributed by atoms with van der Waals surface area (Å²) in [5.41, 5.74) is 1.03. The van der Waals surface area contributed by atoms with Gasteiger partial charge < -0.3 is 10.1 Å². The predicted octanol–water partition coefficient (Wildman–Crippen LogP) is 3.98. The second kappa shape index (κ2) is 5.10. The monoisotopic (exact) mass is 320 g/mol. The van der Waals surface area contributed by atoms with Crippen LogP contribution in [0.2, 0.25) is 0 Å². The minimum atomic E-state index is 0.0242. The molecule has 0 spiro atoms. The van der Waals surface area contributed by atoms with Gasteiger partial charge in [0.15, 0.2) is 0 Å². The van der Waals surface area contributed by atoms with Crippen LogP contribution in [0.25, 0.3) is 10.9 Å². The molecule has 2 aromatic rings. The van der Waals surface area contributed by atoms with Gasteiger partial charge in [-0.05, 0) is 49.6 Å². The minimum Gasteiger partial charge on any atom is -0.376 e. The van der Waals surface area contributed by atoms with E-state index in [-0.39, 0.29) is 5.60 Å². The van der Waals surface area contributed by atoms with Gasteiger partial charge in [0, 0.05) is 23.5 Å². The van der Waals surface area contributed by atoms with Crippen molar-refractivity contribution in [1.82, 2.24) is 4.98 Å². The summed E-state index contributed by atoms with van der Waals surface area (Å²) >= 11 is 3.47. The van der Waals surface area contributed by atoms with Crippen molar-refractivity contribution in [2.45, 2.75) is 24.9 Å². The third-order valence-electron chi connectivity index (χ3n) is 3.94. The van der Waals surface area contributed by atoms with Gasteiger partial charge in [-0.3, -0.25) is 0 Å². The third-order valence-corrected chi connectivity index (χ3v) is 4.43. The fraction of sp³-hybridized carbons (Fsp3) is 0.400. The van der Waals surface area contributed by atoms with Gasteiger partial charge in [-0.25, -0.2) is 4.98 Å². The second-order valence-electron chi connectivity index (χ2n) is 5.13. The van der Waals surface area contributed by atoms with E-state index >= 15 is 0 Å². The minimum absolute atomic E-state index is 0.0242. The van der Waals surface area contributed by atoms with Crippen LogP contribution in [-0.2, 0) is 4.74 Å². The Morgan fingerprint density at radius 2 is 2.16 bits per heavy atom. The van der Waals surface area contributed by atoms with Crippen LogP contribution in [0.5, 0.6) is 0 Å². The van der Waals surface area contributed by atoms with Gasteiger partial charge in [-0.15, -0.1) is 0 Å². The smallest absolute Gasteiger partial charge is 0.126 e. The molecule has 0 amide bonds. The summed E-state index contributed by atoms with van der Waals surface area (Å²) in [6.07, 6.45) is 3.53. The molecule has 1 aromatic heterocycles. The molecule has 0 bridgehead atoms. The van der Waals surface area contributed by atoms with E-state index in [1.54, 1.807) is 7.11 Å². The summed E-state index contributed by atoms with van der Waals surface area (Å²) in [7, 11) is 1.80. The highest BCUT2D eigenvalue weighted by Crippen LogP contribution is 2.35. The fourth-order valence-electron chi connectivity index (χ4n) is 2.47. The van der Waals surface area contributed by atoms with Crippen LogP contribution in [0.4, 0.5) is 5.82 Å². The summed E-state index contributed by atoms with van der Waals surface area (Å²) in [5.74, 6) is 0.915. The van der Waals surface area contributed by atoms with Crippen molar-refractivity contribution >= 4 is 32.7 Å². The van der Waals surface area contributed by atoms with Gasteiger partial charge >= 0.3 is 0 Å². The maximum Gasteiger partial charge on any atom is 0.126 e. The van der Waals surface area contributed by atoms with Crippen LogP contribution in [0.1, 0.15) is 19.3 Å². The number of pyridine rings is 1. The number of benzene rings is 1. The Morgan fingerprint density at radius 1 is 1.32 bits per heavy atom. The summed E-state index contributed by atoms with van der Waals surface area (Å²) in [6.45, 7) is 0.832. The van der Waals surface area contributed by atoms with E-state index < -0.39 is 0 Å². The molecule has 3 nitrogen and oxygen atoms in total. The van der Waals surface area contributed by atoms with Crippen molar-refractivity contribution in [3.05, 3.63) is 34.8 Å². The van der Waals surface area contributed by atoms with Crippen molar-refractivity contribution in [1.29, 1.82) is 0 Å². The average Bonchev–Trinajstić information content (AvgIpc) is 2.38. The van der Waals surface area contributed by atoms with Crippen molar-refractivity contribution in [2.75, 3.05) is 19.0 Å². The topological polar surface area (TPSA) is 34.1 Å². The lowest BCUT2D eigenvalue weighted by atomic mass is 9.80. The number of halogens is 1. The first kappa shape index (κ1) is 12.9. The summed E-state index contributed by atoms with van der Waals surface area (Å²) in [5, 5.41) is 4.54. The molecule has 1 fully saturated rings. The molecule has 0 aliphatic heterocycles.